The van der Waals surface area contributed by atoms with Crippen molar-refractivity contribution in [1.82, 2.24) is 4.90 Å². The first kappa shape index (κ1) is 13.5. The van der Waals surface area contributed by atoms with Crippen molar-refractivity contribution in [3.05, 3.63) is 0 Å². The smallest absolute Gasteiger partial charge is 0.410 e. The fourth-order valence-electron chi connectivity index (χ4n) is 1.40. The molecule has 0 unspecified atom stereocenters. The van der Waals surface area contributed by atoms with Crippen LogP contribution in [0.25, 0.3) is 0 Å². The zero-order chi connectivity index (χ0) is 13.1. The molecule has 1 aliphatic heterocycles. The van der Waals surface area contributed by atoms with Crippen LogP contribution < -0.4 is 0 Å². The third kappa shape index (κ3) is 4.05. The van der Waals surface area contributed by atoms with Crippen LogP contribution >= 0.6 is 0 Å². The topological polar surface area (TPSA) is 68.2 Å². The molecule has 1 heterocycles. The lowest BCUT2D eigenvalue weighted by Gasteiger charge is -2.29. The van der Waals surface area contributed by atoms with Crippen molar-refractivity contribution < 1.29 is 19.2 Å². The number of carbonyl (C=O) groups is 2. The largest absolute Gasteiger partial charge is 0.444 e. The number of amides is 1. The average Bonchev–Trinajstić information content (AvgIpc) is 2.19. The number of nitrogens with zero attached hydrogens (tertiary/aromatic N) is 2. The Morgan fingerprint density at radius 3 is 2.59 bits per heavy atom. The molecule has 0 aliphatic carbocycles. The van der Waals surface area contributed by atoms with Crippen LogP contribution in [0.4, 0.5) is 4.79 Å². The molecule has 0 atom stereocenters. The van der Waals surface area contributed by atoms with Gasteiger partial charge in [-0.15, -0.1) is 0 Å². The van der Waals surface area contributed by atoms with E-state index in [1.54, 1.807) is 20.8 Å². The molecule has 0 aromatic rings. The fourth-order valence-corrected chi connectivity index (χ4v) is 1.40. The highest BCUT2D eigenvalue weighted by molar-refractivity contribution is 6.41. The summed E-state index contributed by atoms with van der Waals surface area (Å²) in [7, 11) is 1.37. The fraction of sp³-hybridized carbons (Fsp3) is 0.727. The molecule has 0 N–H and O–H groups in total. The summed E-state index contributed by atoms with van der Waals surface area (Å²) in [6, 6.07) is 0. The van der Waals surface area contributed by atoms with Gasteiger partial charge in [0.2, 0.25) is 0 Å². The Bertz CT molecular complexity index is 344. The zero-order valence-electron chi connectivity index (χ0n) is 10.6. The lowest BCUT2D eigenvalue weighted by molar-refractivity contribution is -0.114. The van der Waals surface area contributed by atoms with Gasteiger partial charge in [0.25, 0.3) is 0 Å². The first-order valence-electron chi connectivity index (χ1n) is 5.44. The Balaban J connectivity index is 2.65. The number of likely N-dealkylation sites (tertiary alicyclic amines) is 1. The van der Waals surface area contributed by atoms with E-state index in [-0.39, 0.29) is 24.5 Å². The Morgan fingerprint density at radius 2 is 2.06 bits per heavy atom. The van der Waals surface area contributed by atoms with Crippen molar-refractivity contribution >= 4 is 17.6 Å². The minimum absolute atomic E-state index is 0.0911. The Kier molecular flexibility index (Phi) is 4.09. The minimum atomic E-state index is -0.545. The lowest BCUT2D eigenvalue weighted by atomic mass is 10.1. The second-order valence-electron chi connectivity index (χ2n) is 4.80. The van der Waals surface area contributed by atoms with Gasteiger partial charge in [0.05, 0.1) is 6.54 Å². The summed E-state index contributed by atoms with van der Waals surface area (Å²) in [5.41, 5.74) is -0.290. The third-order valence-corrected chi connectivity index (χ3v) is 2.12. The normalized spacial score (nSPS) is 19.4. The van der Waals surface area contributed by atoms with Crippen LogP contribution in [0.5, 0.6) is 0 Å². The molecule has 96 valence electrons. The van der Waals surface area contributed by atoms with E-state index in [0.29, 0.717) is 6.54 Å². The molecule has 0 aromatic carbocycles. The van der Waals surface area contributed by atoms with Gasteiger partial charge in [0, 0.05) is 13.0 Å². The van der Waals surface area contributed by atoms with Crippen LogP contribution in [0.2, 0.25) is 0 Å². The van der Waals surface area contributed by atoms with E-state index in [0.717, 1.165) is 0 Å². The SMILES string of the molecule is CO/N=C1/CN(C(=O)OC(C)(C)C)CCC1=O. The maximum absolute atomic E-state index is 11.8. The number of Topliss-reactive ketones (excluding diaryl/α,β-unsaturated/α-hetero) is 1. The van der Waals surface area contributed by atoms with Crippen molar-refractivity contribution in [1.29, 1.82) is 0 Å². The highest BCUT2D eigenvalue weighted by Crippen LogP contribution is 2.12. The summed E-state index contributed by atoms with van der Waals surface area (Å²) in [5.74, 6) is -0.0911. The maximum Gasteiger partial charge on any atom is 0.410 e. The number of hydrogen-bond acceptors (Lipinski definition) is 5. The van der Waals surface area contributed by atoms with Gasteiger partial charge in [0.15, 0.2) is 5.78 Å². The molecular weight excluding hydrogens is 224 g/mol. The first-order chi connectivity index (χ1) is 7.83. The molecule has 1 amide bonds. The molecule has 1 fully saturated rings. The van der Waals surface area contributed by atoms with Gasteiger partial charge in [-0.05, 0) is 20.8 Å². The van der Waals surface area contributed by atoms with Gasteiger partial charge < -0.3 is 14.5 Å². The summed E-state index contributed by atoms with van der Waals surface area (Å²) in [6.07, 6.45) is -0.185. The van der Waals surface area contributed by atoms with Gasteiger partial charge in [-0.3, -0.25) is 4.79 Å². The van der Waals surface area contributed by atoms with Crippen molar-refractivity contribution in [2.45, 2.75) is 32.8 Å². The van der Waals surface area contributed by atoms with Crippen molar-refractivity contribution in [2.75, 3.05) is 20.2 Å². The molecule has 0 aromatic heterocycles. The monoisotopic (exact) mass is 242 g/mol. The number of ether oxygens (including phenoxy) is 1. The number of carbonyl (C=O) groups excluding carboxylic acids is 2. The van der Waals surface area contributed by atoms with Crippen LogP contribution in [0, 0.1) is 0 Å². The molecular formula is C11H18N2O4. The number of oxime groups is 1. The van der Waals surface area contributed by atoms with Crippen LogP contribution in [0.3, 0.4) is 0 Å². The average molecular weight is 242 g/mol. The Morgan fingerprint density at radius 1 is 1.41 bits per heavy atom. The molecule has 1 saturated heterocycles. The molecule has 17 heavy (non-hydrogen) atoms. The van der Waals surface area contributed by atoms with Crippen molar-refractivity contribution in [2.24, 2.45) is 5.16 Å². The molecule has 0 saturated carbocycles. The van der Waals surface area contributed by atoms with E-state index in [1.165, 1.54) is 12.0 Å². The van der Waals surface area contributed by atoms with Gasteiger partial charge in [-0.1, -0.05) is 5.16 Å². The van der Waals surface area contributed by atoms with E-state index < -0.39 is 11.7 Å². The van der Waals surface area contributed by atoms with Gasteiger partial charge in [0.1, 0.15) is 18.4 Å². The summed E-state index contributed by atoms with van der Waals surface area (Å²) in [4.78, 5) is 29.2. The van der Waals surface area contributed by atoms with E-state index in [2.05, 4.69) is 9.99 Å². The molecule has 0 bridgehead atoms. The second-order valence-corrected chi connectivity index (χ2v) is 4.80. The standard InChI is InChI=1S/C11H18N2O4/c1-11(2,3)17-10(15)13-6-5-9(14)8(7-13)12-16-4/h5-7H2,1-4H3/b12-8-. The molecule has 0 spiro atoms. The van der Waals surface area contributed by atoms with E-state index in [4.69, 9.17) is 4.74 Å². The highest BCUT2D eigenvalue weighted by Gasteiger charge is 2.29. The van der Waals surface area contributed by atoms with Crippen LogP contribution in [0.1, 0.15) is 27.2 Å². The number of ketones is 1. The third-order valence-electron chi connectivity index (χ3n) is 2.12. The quantitative estimate of drug-likeness (QED) is 0.648. The van der Waals surface area contributed by atoms with E-state index >= 15 is 0 Å². The van der Waals surface area contributed by atoms with Crippen molar-refractivity contribution in [3.63, 3.8) is 0 Å². The molecule has 0 radical (unpaired) electrons. The van der Waals surface area contributed by atoms with E-state index in [1.807, 2.05) is 0 Å². The highest BCUT2D eigenvalue weighted by atomic mass is 16.6. The predicted molar refractivity (Wildman–Crippen MR) is 61.9 cm³/mol. The zero-order valence-corrected chi connectivity index (χ0v) is 10.6. The number of hydrogen-bond donors (Lipinski definition) is 0. The molecule has 6 heteroatoms. The molecule has 1 aliphatic rings. The van der Waals surface area contributed by atoms with Crippen LogP contribution in [-0.4, -0.2) is 48.3 Å². The first-order valence-corrected chi connectivity index (χ1v) is 5.44. The van der Waals surface area contributed by atoms with Crippen LogP contribution in [-0.2, 0) is 14.4 Å². The summed E-state index contributed by atoms with van der Waals surface area (Å²) in [6.45, 7) is 5.89. The number of piperidine rings is 1. The summed E-state index contributed by atoms with van der Waals surface area (Å²) >= 11 is 0. The Labute approximate surface area is 101 Å². The lowest BCUT2D eigenvalue weighted by Crippen LogP contribution is -2.46. The van der Waals surface area contributed by atoms with Crippen LogP contribution in [0.15, 0.2) is 5.16 Å². The molecule has 6 nitrogen and oxygen atoms in total. The predicted octanol–water partition coefficient (Wildman–Crippen LogP) is 1.20. The maximum atomic E-state index is 11.8. The summed E-state index contributed by atoms with van der Waals surface area (Å²) < 4.78 is 5.22. The summed E-state index contributed by atoms with van der Waals surface area (Å²) in [5, 5.41) is 3.61. The van der Waals surface area contributed by atoms with Gasteiger partial charge >= 0.3 is 6.09 Å². The van der Waals surface area contributed by atoms with Gasteiger partial charge in [-0.25, -0.2) is 4.79 Å². The van der Waals surface area contributed by atoms with Gasteiger partial charge in [-0.2, -0.15) is 0 Å². The van der Waals surface area contributed by atoms with Crippen molar-refractivity contribution in [3.8, 4) is 0 Å². The Hall–Kier alpha value is -1.59. The minimum Gasteiger partial charge on any atom is -0.444 e. The second kappa shape index (κ2) is 5.16. The number of rotatable bonds is 1. The molecule has 1 rings (SSSR count). The van der Waals surface area contributed by atoms with E-state index in [9.17, 15) is 9.59 Å².